The highest BCUT2D eigenvalue weighted by Gasteiger charge is 2.19. The highest BCUT2D eigenvalue weighted by Crippen LogP contribution is 2.28. The molecule has 1 saturated heterocycles. The van der Waals surface area contributed by atoms with Crippen LogP contribution in [0.3, 0.4) is 0 Å². The molecule has 1 aromatic rings. The Hall–Kier alpha value is -1.00. The van der Waals surface area contributed by atoms with Crippen molar-refractivity contribution in [3.63, 3.8) is 0 Å². The Morgan fingerprint density at radius 1 is 1.53 bits per heavy atom. The molecule has 1 heterocycles. The molecule has 3 nitrogen and oxygen atoms in total. The molecule has 1 N–H and O–H groups in total. The molecular weight excluding hydrogens is 234 g/mol. The van der Waals surface area contributed by atoms with Gasteiger partial charge in [-0.25, -0.2) is 0 Å². The second-order valence-electron chi connectivity index (χ2n) is 4.57. The average Bonchev–Trinajstić information content (AvgIpc) is 2.28. The number of carboxylic acids is 1. The average molecular weight is 251 g/mol. The van der Waals surface area contributed by atoms with Gasteiger partial charge in [-0.05, 0) is 29.9 Å². The van der Waals surface area contributed by atoms with E-state index < -0.39 is 5.97 Å². The van der Waals surface area contributed by atoms with Gasteiger partial charge in [-0.1, -0.05) is 37.1 Å². The molecule has 0 aliphatic carbocycles. The van der Waals surface area contributed by atoms with Crippen LogP contribution in [-0.4, -0.2) is 28.5 Å². The molecule has 1 aliphatic rings. The second-order valence-corrected chi connectivity index (χ2v) is 5.13. The third kappa shape index (κ3) is 3.48. The van der Waals surface area contributed by atoms with E-state index in [1.807, 2.05) is 22.5 Å². The van der Waals surface area contributed by atoms with Crippen LogP contribution in [0.5, 0.6) is 0 Å². The van der Waals surface area contributed by atoms with E-state index in [0.717, 1.165) is 31.5 Å². The fourth-order valence-electron chi connectivity index (χ4n) is 2.36. The summed E-state index contributed by atoms with van der Waals surface area (Å²) in [5.74, 6) is -0.295. The zero-order valence-corrected chi connectivity index (χ0v) is 10.6. The lowest BCUT2D eigenvalue weighted by Gasteiger charge is -2.29. The topological polar surface area (TPSA) is 40.5 Å². The zero-order chi connectivity index (χ0) is 12.3. The Bertz CT molecular complexity index is 408. The van der Waals surface area contributed by atoms with E-state index in [9.17, 15) is 4.79 Å². The van der Waals surface area contributed by atoms with Crippen molar-refractivity contribution >= 4 is 18.8 Å². The van der Waals surface area contributed by atoms with Gasteiger partial charge in [0.05, 0.1) is 6.42 Å². The monoisotopic (exact) mass is 251 g/mol. The molecule has 0 radical (unpaired) electrons. The van der Waals surface area contributed by atoms with E-state index in [4.69, 9.17) is 5.11 Å². The fraction of sp³-hybridized carbons (Fsp3) is 0.462. The minimum atomic E-state index is -0.776. The van der Waals surface area contributed by atoms with E-state index in [1.165, 1.54) is 5.56 Å². The first-order valence-corrected chi connectivity index (χ1v) is 6.29. The third-order valence-electron chi connectivity index (χ3n) is 3.18. The van der Waals surface area contributed by atoms with Crippen molar-refractivity contribution in [2.24, 2.45) is 0 Å². The van der Waals surface area contributed by atoms with Crippen LogP contribution in [0, 0.1) is 0 Å². The molecule has 0 saturated carbocycles. The molecule has 0 bridgehead atoms. The lowest BCUT2D eigenvalue weighted by molar-refractivity contribution is -0.136. The van der Waals surface area contributed by atoms with Gasteiger partial charge in [0, 0.05) is 13.1 Å². The summed E-state index contributed by atoms with van der Waals surface area (Å²) in [5.41, 5.74) is 2.12. The van der Waals surface area contributed by atoms with Crippen molar-refractivity contribution in [1.82, 2.24) is 4.31 Å². The number of nitrogens with zero attached hydrogens (tertiary/aromatic N) is 1. The van der Waals surface area contributed by atoms with E-state index >= 15 is 0 Å². The lowest BCUT2D eigenvalue weighted by Crippen LogP contribution is -2.27. The number of aliphatic carboxylic acids is 1. The van der Waals surface area contributed by atoms with Gasteiger partial charge in [0.1, 0.15) is 0 Å². The fourth-order valence-corrected chi connectivity index (χ4v) is 2.70. The predicted octanol–water partition coefficient (Wildman–Crippen LogP) is 2.34. The molecular formula is C13H17NO2S. The molecule has 1 unspecified atom stereocenters. The number of thiol groups is 1. The van der Waals surface area contributed by atoms with Crippen LogP contribution >= 0.6 is 12.8 Å². The molecule has 0 amide bonds. The summed E-state index contributed by atoms with van der Waals surface area (Å²) in [4.78, 5) is 10.7. The van der Waals surface area contributed by atoms with Crippen molar-refractivity contribution in [3.8, 4) is 0 Å². The molecule has 1 atom stereocenters. The smallest absolute Gasteiger partial charge is 0.307 e. The first kappa shape index (κ1) is 12.5. The van der Waals surface area contributed by atoms with Crippen molar-refractivity contribution in [2.75, 3.05) is 13.1 Å². The number of hydrogen-bond acceptors (Lipinski definition) is 3. The summed E-state index contributed by atoms with van der Waals surface area (Å²) in [5, 5.41) is 8.79. The van der Waals surface area contributed by atoms with Crippen LogP contribution in [0.25, 0.3) is 0 Å². The van der Waals surface area contributed by atoms with Crippen molar-refractivity contribution < 1.29 is 9.90 Å². The van der Waals surface area contributed by atoms with Gasteiger partial charge in [0.15, 0.2) is 0 Å². The van der Waals surface area contributed by atoms with Crippen LogP contribution in [0.1, 0.15) is 29.9 Å². The van der Waals surface area contributed by atoms with E-state index in [0.29, 0.717) is 5.92 Å². The summed E-state index contributed by atoms with van der Waals surface area (Å²) < 4.78 is 2.04. The SMILES string of the molecule is O=C(O)Cc1cccc(C2CCCN(S)C2)c1. The lowest BCUT2D eigenvalue weighted by atomic mass is 9.90. The van der Waals surface area contributed by atoms with Crippen LogP contribution in [-0.2, 0) is 11.2 Å². The Morgan fingerprint density at radius 2 is 2.35 bits per heavy atom. The summed E-state index contributed by atoms with van der Waals surface area (Å²) in [7, 11) is 0. The standard InChI is InChI=1S/C13H17NO2S/c15-13(16)8-10-3-1-4-11(7-10)12-5-2-6-14(17)9-12/h1,3-4,7,12,17H,2,5-6,8-9H2,(H,15,16). The third-order valence-corrected chi connectivity index (χ3v) is 3.54. The van der Waals surface area contributed by atoms with Gasteiger partial charge in [-0.15, -0.1) is 0 Å². The molecule has 1 aliphatic heterocycles. The number of piperidine rings is 1. The molecule has 92 valence electrons. The highest BCUT2D eigenvalue weighted by molar-refractivity contribution is 7.77. The minimum Gasteiger partial charge on any atom is -0.481 e. The van der Waals surface area contributed by atoms with Crippen molar-refractivity contribution in [2.45, 2.75) is 25.2 Å². The van der Waals surface area contributed by atoms with Crippen molar-refractivity contribution in [1.29, 1.82) is 0 Å². The van der Waals surface area contributed by atoms with E-state index in [1.54, 1.807) is 0 Å². The summed E-state index contributed by atoms with van der Waals surface area (Å²) >= 11 is 4.39. The predicted molar refractivity (Wildman–Crippen MR) is 70.3 cm³/mol. The normalized spacial score (nSPS) is 21.4. The van der Waals surface area contributed by atoms with Gasteiger partial charge < -0.3 is 5.11 Å². The van der Waals surface area contributed by atoms with Gasteiger partial charge >= 0.3 is 5.97 Å². The highest BCUT2D eigenvalue weighted by atomic mass is 32.1. The summed E-state index contributed by atoms with van der Waals surface area (Å²) in [6.45, 7) is 1.98. The maximum absolute atomic E-state index is 10.7. The minimum absolute atomic E-state index is 0.102. The molecule has 1 fully saturated rings. The van der Waals surface area contributed by atoms with Gasteiger partial charge in [0.2, 0.25) is 0 Å². The number of carboxylic acid groups (broad SMARTS) is 1. The molecule has 1 aromatic carbocycles. The maximum Gasteiger partial charge on any atom is 0.307 e. The molecule has 0 aromatic heterocycles. The van der Waals surface area contributed by atoms with Gasteiger partial charge in [-0.2, -0.15) is 0 Å². The van der Waals surface area contributed by atoms with E-state index in [2.05, 4.69) is 18.9 Å². The number of hydrogen-bond donors (Lipinski definition) is 2. The largest absolute Gasteiger partial charge is 0.481 e. The first-order chi connectivity index (χ1) is 8.15. The van der Waals surface area contributed by atoms with Crippen LogP contribution in [0.15, 0.2) is 24.3 Å². The van der Waals surface area contributed by atoms with Crippen LogP contribution < -0.4 is 0 Å². The van der Waals surface area contributed by atoms with Gasteiger partial charge in [0.25, 0.3) is 0 Å². The number of benzene rings is 1. The second kappa shape index (κ2) is 5.56. The molecule has 0 spiro atoms. The van der Waals surface area contributed by atoms with Gasteiger partial charge in [-0.3, -0.25) is 9.10 Å². The Labute approximate surface area is 107 Å². The summed E-state index contributed by atoms with van der Waals surface area (Å²) in [6, 6.07) is 7.93. The number of rotatable bonds is 3. The number of carbonyl (C=O) groups is 1. The Kier molecular flexibility index (Phi) is 4.07. The van der Waals surface area contributed by atoms with Crippen LogP contribution in [0.2, 0.25) is 0 Å². The first-order valence-electron chi connectivity index (χ1n) is 5.89. The summed E-state index contributed by atoms with van der Waals surface area (Å²) in [6.07, 6.45) is 2.41. The zero-order valence-electron chi connectivity index (χ0n) is 9.67. The quantitative estimate of drug-likeness (QED) is 0.810. The Morgan fingerprint density at radius 3 is 3.06 bits per heavy atom. The Balaban J connectivity index is 2.12. The molecule has 17 heavy (non-hydrogen) atoms. The molecule has 2 rings (SSSR count). The molecule has 4 heteroatoms. The maximum atomic E-state index is 10.7. The van der Waals surface area contributed by atoms with E-state index in [-0.39, 0.29) is 6.42 Å². The van der Waals surface area contributed by atoms with Crippen LogP contribution in [0.4, 0.5) is 0 Å². The van der Waals surface area contributed by atoms with Crippen molar-refractivity contribution in [3.05, 3.63) is 35.4 Å².